The van der Waals surface area contributed by atoms with Crippen molar-refractivity contribution >= 4 is 0 Å². The molecular formula is C12H16N4. The van der Waals surface area contributed by atoms with Gasteiger partial charge in [-0.05, 0) is 25.1 Å². The number of hydrogen-bond acceptors (Lipinski definition) is 3. The molecule has 0 saturated heterocycles. The molecule has 4 heteroatoms. The molecule has 0 aliphatic carbocycles. The van der Waals surface area contributed by atoms with Crippen molar-refractivity contribution in [2.45, 2.75) is 13.0 Å². The fourth-order valence-electron chi connectivity index (χ4n) is 1.85. The van der Waals surface area contributed by atoms with Crippen LogP contribution in [0.3, 0.4) is 0 Å². The van der Waals surface area contributed by atoms with Crippen molar-refractivity contribution < 1.29 is 0 Å². The smallest absolute Gasteiger partial charge is 0.0620 e. The van der Waals surface area contributed by atoms with E-state index in [4.69, 9.17) is 0 Å². The minimum atomic E-state index is 0.154. The lowest BCUT2D eigenvalue weighted by Crippen LogP contribution is -2.17. The molecule has 84 valence electrons. The molecule has 0 fully saturated rings. The molecule has 0 aromatic carbocycles. The maximum atomic E-state index is 4.22. The van der Waals surface area contributed by atoms with Crippen LogP contribution < -0.4 is 5.32 Å². The molecule has 0 bridgehead atoms. The van der Waals surface area contributed by atoms with Crippen molar-refractivity contribution in [2.75, 3.05) is 7.05 Å². The van der Waals surface area contributed by atoms with Crippen LogP contribution in [-0.2, 0) is 7.05 Å². The molecule has 2 aromatic rings. The summed E-state index contributed by atoms with van der Waals surface area (Å²) < 4.78 is 1.81. The van der Waals surface area contributed by atoms with Crippen molar-refractivity contribution in [1.29, 1.82) is 0 Å². The highest BCUT2D eigenvalue weighted by atomic mass is 15.2. The molecular weight excluding hydrogens is 200 g/mol. The molecule has 4 nitrogen and oxygen atoms in total. The average Bonchev–Trinajstić information content (AvgIpc) is 2.66. The Kier molecular flexibility index (Phi) is 3.01. The maximum Gasteiger partial charge on any atom is 0.0620 e. The molecule has 0 aliphatic heterocycles. The quantitative estimate of drug-likeness (QED) is 0.844. The van der Waals surface area contributed by atoms with E-state index < -0.39 is 0 Å². The lowest BCUT2D eigenvalue weighted by atomic mass is 10.0. The summed E-state index contributed by atoms with van der Waals surface area (Å²) in [6.07, 6.45) is 7.65. The summed E-state index contributed by atoms with van der Waals surface area (Å²) in [6.45, 7) is 2.05. The average molecular weight is 216 g/mol. The summed E-state index contributed by atoms with van der Waals surface area (Å²) in [7, 11) is 3.87. The van der Waals surface area contributed by atoms with Crippen LogP contribution in [0.15, 0.2) is 30.9 Å². The van der Waals surface area contributed by atoms with E-state index in [1.165, 1.54) is 5.56 Å². The fourth-order valence-corrected chi connectivity index (χ4v) is 1.85. The van der Waals surface area contributed by atoms with Gasteiger partial charge in [0.05, 0.1) is 12.2 Å². The number of aryl methyl sites for hydroxylation is 2. The van der Waals surface area contributed by atoms with Crippen LogP contribution in [0.5, 0.6) is 0 Å². The van der Waals surface area contributed by atoms with Gasteiger partial charge in [0, 0.05) is 31.2 Å². The first-order valence-corrected chi connectivity index (χ1v) is 5.28. The SMILES string of the molecule is CNC(c1cncc(C)c1)c1cnn(C)c1. The topological polar surface area (TPSA) is 42.7 Å². The Morgan fingerprint density at radius 2 is 2.06 bits per heavy atom. The molecule has 2 rings (SSSR count). The summed E-state index contributed by atoms with van der Waals surface area (Å²) in [4.78, 5) is 4.22. The molecule has 0 amide bonds. The Balaban J connectivity index is 2.36. The van der Waals surface area contributed by atoms with Gasteiger partial charge >= 0.3 is 0 Å². The summed E-state index contributed by atoms with van der Waals surface area (Å²) in [5, 5.41) is 7.47. The largest absolute Gasteiger partial charge is 0.309 e. The van der Waals surface area contributed by atoms with Crippen molar-refractivity contribution in [3.8, 4) is 0 Å². The number of rotatable bonds is 3. The summed E-state index contributed by atoms with van der Waals surface area (Å²) in [6, 6.07) is 2.29. The monoisotopic (exact) mass is 216 g/mol. The molecule has 1 atom stereocenters. The standard InChI is InChI=1S/C12H16N4/c1-9-4-10(6-14-5-9)12(13-2)11-7-15-16(3)8-11/h4-8,12-13H,1-3H3. The van der Waals surface area contributed by atoms with Gasteiger partial charge in [-0.15, -0.1) is 0 Å². The van der Waals surface area contributed by atoms with E-state index in [-0.39, 0.29) is 6.04 Å². The second-order valence-electron chi connectivity index (χ2n) is 3.96. The van der Waals surface area contributed by atoms with Crippen LogP contribution in [0.2, 0.25) is 0 Å². The number of nitrogens with zero attached hydrogens (tertiary/aromatic N) is 3. The Hall–Kier alpha value is -1.68. The van der Waals surface area contributed by atoms with E-state index in [0.717, 1.165) is 11.1 Å². The minimum absolute atomic E-state index is 0.154. The molecule has 0 aliphatic rings. The number of aromatic nitrogens is 3. The highest BCUT2D eigenvalue weighted by Gasteiger charge is 2.13. The first kappa shape index (κ1) is 10.8. The third-order valence-corrected chi connectivity index (χ3v) is 2.58. The Labute approximate surface area is 95.3 Å². The third kappa shape index (κ3) is 2.12. The lowest BCUT2D eigenvalue weighted by Gasteiger charge is -2.14. The number of pyridine rings is 1. The van der Waals surface area contributed by atoms with Crippen molar-refractivity contribution in [1.82, 2.24) is 20.1 Å². The van der Waals surface area contributed by atoms with E-state index in [9.17, 15) is 0 Å². The second kappa shape index (κ2) is 4.45. The van der Waals surface area contributed by atoms with Crippen LogP contribution in [0.1, 0.15) is 22.7 Å². The van der Waals surface area contributed by atoms with Gasteiger partial charge in [0.25, 0.3) is 0 Å². The molecule has 2 heterocycles. The van der Waals surface area contributed by atoms with E-state index in [0.29, 0.717) is 0 Å². The molecule has 0 radical (unpaired) electrons. The van der Waals surface area contributed by atoms with Gasteiger partial charge in [0.1, 0.15) is 0 Å². The number of nitrogens with one attached hydrogen (secondary N) is 1. The van der Waals surface area contributed by atoms with Gasteiger partial charge in [-0.2, -0.15) is 5.10 Å². The van der Waals surface area contributed by atoms with E-state index in [1.54, 1.807) is 0 Å². The Morgan fingerprint density at radius 1 is 1.25 bits per heavy atom. The van der Waals surface area contributed by atoms with Gasteiger partial charge in [0.2, 0.25) is 0 Å². The van der Waals surface area contributed by atoms with Gasteiger partial charge < -0.3 is 5.32 Å². The molecule has 1 unspecified atom stereocenters. The maximum absolute atomic E-state index is 4.22. The zero-order valence-electron chi connectivity index (χ0n) is 9.81. The van der Waals surface area contributed by atoms with Crippen LogP contribution in [0, 0.1) is 6.92 Å². The summed E-state index contributed by atoms with van der Waals surface area (Å²) in [5.41, 5.74) is 3.48. The first-order valence-electron chi connectivity index (χ1n) is 5.28. The first-order chi connectivity index (χ1) is 7.70. The van der Waals surface area contributed by atoms with Crippen molar-refractivity contribution in [2.24, 2.45) is 7.05 Å². The predicted molar refractivity (Wildman–Crippen MR) is 63.1 cm³/mol. The van der Waals surface area contributed by atoms with Crippen LogP contribution in [0.4, 0.5) is 0 Å². The molecule has 0 saturated carbocycles. The van der Waals surface area contributed by atoms with E-state index >= 15 is 0 Å². The van der Waals surface area contributed by atoms with E-state index in [2.05, 4.69) is 21.5 Å². The highest BCUT2D eigenvalue weighted by Crippen LogP contribution is 2.20. The highest BCUT2D eigenvalue weighted by molar-refractivity contribution is 5.29. The van der Waals surface area contributed by atoms with Crippen molar-refractivity contribution in [3.05, 3.63) is 47.5 Å². The second-order valence-corrected chi connectivity index (χ2v) is 3.96. The Morgan fingerprint density at radius 3 is 2.62 bits per heavy atom. The summed E-state index contributed by atoms with van der Waals surface area (Å²) in [5.74, 6) is 0. The molecule has 16 heavy (non-hydrogen) atoms. The normalized spacial score (nSPS) is 12.7. The van der Waals surface area contributed by atoms with Gasteiger partial charge in [-0.3, -0.25) is 9.67 Å². The van der Waals surface area contributed by atoms with Crippen molar-refractivity contribution in [3.63, 3.8) is 0 Å². The Bertz CT molecular complexity index is 475. The number of hydrogen-bond donors (Lipinski definition) is 1. The zero-order chi connectivity index (χ0) is 11.5. The molecule has 0 spiro atoms. The van der Waals surface area contributed by atoms with Gasteiger partial charge in [-0.25, -0.2) is 0 Å². The van der Waals surface area contributed by atoms with Crippen LogP contribution in [-0.4, -0.2) is 21.8 Å². The zero-order valence-corrected chi connectivity index (χ0v) is 9.81. The predicted octanol–water partition coefficient (Wildman–Crippen LogP) is 1.43. The lowest BCUT2D eigenvalue weighted by molar-refractivity contribution is 0.685. The van der Waals surface area contributed by atoms with Gasteiger partial charge in [-0.1, -0.05) is 6.07 Å². The molecule has 2 aromatic heterocycles. The fraction of sp³-hybridized carbons (Fsp3) is 0.333. The van der Waals surface area contributed by atoms with E-state index in [1.807, 2.05) is 50.5 Å². The van der Waals surface area contributed by atoms with Crippen LogP contribution >= 0.6 is 0 Å². The van der Waals surface area contributed by atoms with Crippen LogP contribution in [0.25, 0.3) is 0 Å². The molecule has 1 N–H and O–H groups in total. The van der Waals surface area contributed by atoms with Gasteiger partial charge in [0.15, 0.2) is 0 Å². The third-order valence-electron chi connectivity index (χ3n) is 2.58. The summed E-state index contributed by atoms with van der Waals surface area (Å²) >= 11 is 0. The minimum Gasteiger partial charge on any atom is -0.309 e.